The second kappa shape index (κ2) is 7.99. The molecule has 2 amide bonds. The Bertz CT molecular complexity index is 404. The van der Waals surface area contributed by atoms with Gasteiger partial charge >= 0.3 is 6.09 Å². The lowest BCUT2D eigenvalue weighted by Crippen LogP contribution is -2.52. The average Bonchev–Trinajstić information content (AvgIpc) is 2.75. The maximum absolute atomic E-state index is 12.4. The van der Waals surface area contributed by atoms with E-state index >= 15 is 0 Å². The fourth-order valence-corrected chi connectivity index (χ4v) is 3.03. The van der Waals surface area contributed by atoms with Crippen LogP contribution in [0.2, 0.25) is 0 Å². The Labute approximate surface area is 139 Å². The molecule has 0 spiro atoms. The van der Waals surface area contributed by atoms with Gasteiger partial charge in [-0.25, -0.2) is 4.79 Å². The summed E-state index contributed by atoms with van der Waals surface area (Å²) < 4.78 is 5.40. The van der Waals surface area contributed by atoms with Gasteiger partial charge in [-0.05, 0) is 33.6 Å². The molecule has 0 aromatic carbocycles. The van der Waals surface area contributed by atoms with Crippen molar-refractivity contribution in [1.82, 2.24) is 14.7 Å². The van der Waals surface area contributed by atoms with Crippen LogP contribution in [0.3, 0.4) is 0 Å². The highest BCUT2D eigenvalue weighted by Crippen LogP contribution is 2.13. The van der Waals surface area contributed by atoms with Gasteiger partial charge in [-0.1, -0.05) is 12.8 Å². The van der Waals surface area contributed by atoms with E-state index in [0.29, 0.717) is 19.6 Å². The van der Waals surface area contributed by atoms with Crippen molar-refractivity contribution in [2.45, 2.75) is 52.1 Å². The summed E-state index contributed by atoms with van der Waals surface area (Å²) in [7, 11) is 0. The largest absolute Gasteiger partial charge is 0.444 e. The zero-order valence-corrected chi connectivity index (χ0v) is 14.8. The van der Waals surface area contributed by atoms with Gasteiger partial charge < -0.3 is 14.5 Å². The van der Waals surface area contributed by atoms with E-state index in [0.717, 1.165) is 39.0 Å². The third kappa shape index (κ3) is 6.01. The Morgan fingerprint density at radius 3 is 1.91 bits per heavy atom. The highest BCUT2D eigenvalue weighted by Gasteiger charge is 2.27. The van der Waals surface area contributed by atoms with Gasteiger partial charge in [0.05, 0.1) is 6.54 Å². The number of carbonyl (C=O) groups excluding carboxylic acids is 2. The van der Waals surface area contributed by atoms with Crippen molar-refractivity contribution in [3.8, 4) is 0 Å². The standard InChI is InChI=1S/C17H31N3O3/c1-17(2,3)23-16(22)20-12-10-18(11-13-20)14-15(21)19-8-6-4-5-7-9-19/h4-14H2,1-3H3. The first-order valence-electron chi connectivity index (χ1n) is 8.83. The summed E-state index contributed by atoms with van der Waals surface area (Å²) in [5, 5.41) is 0. The Hall–Kier alpha value is -1.30. The fourth-order valence-electron chi connectivity index (χ4n) is 3.03. The van der Waals surface area contributed by atoms with Crippen molar-refractivity contribution in [1.29, 1.82) is 0 Å². The van der Waals surface area contributed by atoms with Crippen molar-refractivity contribution in [3.63, 3.8) is 0 Å². The molecule has 0 radical (unpaired) electrons. The number of amides is 2. The van der Waals surface area contributed by atoms with E-state index in [2.05, 4.69) is 4.90 Å². The molecule has 0 aliphatic carbocycles. The number of ether oxygens (including phenoxy) is 1. The third-order valence-corrected chi connectivity index (χ3v) is 4.34. The third-order valence-electron chi connectivity index (χ3n) is 4.34. The van der Waals surface area contributed by atoms with E-state index in [9.17, 15) is 9.59 Å². The summed E-state index contributed by atoms with van der Waals surface area (Å²) in [5.74, 6) is 0.234. The minimum Gasteiger partial charge on any atom is -0.444 e. The number of piperazine rings is 1. The van der Waals surface area contributed by atoms with Gasteiger partial charge in [0.2, 0.25) is 5.91 Å². The van der Waals surface area contributed by atoms with E-state index < -0.39 is 5.60 Å². The van der Waals surface area contributed by atoms with Crippen LogP contribution < -0.4 is 0 Å². The molecule has 2 aliphatic heterocycles. The molecule has 132 valence electrons. The van der Waals surface area contributed by atoms with E-state index in [1.54, 1.807) is 4.90 Å². The van der Waals surface area contributed by atoms with E-state index in [-0.39, 0.29) is 12.0 Å². The molecule has 2 fully saturated rings. The zero-order chi connectivity index (χ0) is 16.9. The van der Waals surface area contributed by atoms with Crippen LogP contribution in [-0.2, 0) is 9.53 Å². The Kier molecular flexibility index (Phi) is 6.27. The molecule has 0 aromatic heterocycles. The SMILES string of the molecule is CC(C)(C)OC(=O)N1CCN(CC(=O)N2CCCCCC2)CC1. The van der Waals surface area contributed by atoms with Crippen LogP contribution in [0.5, 0.6) is 0 Å². The topological polar surface area (TPSA) is 53.1 Å². The summed E-state index contributed by atoms with van der Waals surface area (Å²) in [6, 6.07) is 0. The zero-order valence-electron chi connectivity index (χ0n) is 14.8. The maximum atomic E-state index is 12.4. The molecule has 0 bridgehead atoms. The Morgan fingerprint density at radius 1 is 0.826 bits per heavy atom. The van der Waals surface area contributed by atoms with Crippen LogP contribution in [0.1, 0.15) is 46.5 Å². The molecular formula is C17H31N3O3. The van der Waals surface area contributed by atoms with Gasteiger partial charge in [0.15, 0.2) is 0 Å². The molecule has 23 heavy (non-hydrogen) atoms. The van der Waals surface area contributed by atoms with E-state index in [4.69, 9.17) is 4.74 Å². The molecule has 6 heteroatoms. The number of hydrogen-bond acceptors (Lipinski definition) is 4. The number of carbonyl (C=O) groups is 2. The van der Waals surface area contributed by atoms with Crippen LogP contribution in [0.15, 0.2) is 0 Å². The van der Waals surface area contributed by atoms with Crippen LogP contribution in [0, 0.1) is 0 Å². The quantitative estimate of drug-likeness (QED) is 0.778. The second-order valence-corrected chi connectivity index (χ2v) is 7.54. The smallest absolute Gasteiger partial charge is 0.410 e. The van der Waals surface area contributed by atoms with Crippen LogP contribution in [-0.4, -0.2) is 78.1 Å². The monoisotopic (exact) mass is 325 g/mol. The molecule has 0 atom stereocenters. The molecule has 0 N–H and O–H groups in total. The first-order chi connectivity index (χ1) is 10.8. The molecule has 0 saturated carbocycles. The lowest BCUT2D eigenvalue weighted by molar-refractivity contribution is -0.132. The first kappa shape index (κ1) is 18.0. The second-order valence-electron chi connectivity index (χ2n) is 7.54. The minimum absolute atomic E-state index is 0.234. The first-order valence-corrected chi connectivity index (χ1v) is 8.83. The summed E-state index contributed by atoms with van der Waals surface area (Å²) >= 11 is 0. The number of hydrogen-bond donors (Lipinski definition) is 0. The summed E-state index contributed by atoms with van der Waals surface area (Å²) in [4.78, 5) is 30.3. The molecular weight excluding hydrogens is 294 g/mol. The van der Waals surface area contributed by atoms with E-state index in [1.807, 2.05) is 25.7 Å². The summed E-state index contributed by atoms with van der Waals surface area (Å²) in [5.41, 5.74) is -0.461. The van der Waals surface area contributed by atoms with Crippen LogP contribution in [0.4, 0.5) is 4.79 Å². The Morgan fingerprint density at radius 2 is 1.39 bits per heavy atom. The number of likely N-dealkylation sites (tertiary alicyclic amines) is 1. The summed E-state index contributed by atoms with van der Waals surface area (Å²) in [6.07, 6.45) is 4.46. The molecule has 2 saturated heterocycles. The van der Waals surface area contributed by atoms with Gasteiger partial charge in [-0.3, -0.25) is 9.69 Å². The van der Waals surface area contributed by atoms with Gasteiger partial charge in [0, 0.05) is 39.3 Å². The van der Waals surface area contributed by atoms with Crippen LogP contribution >= 0.6 is 0 Å². The molecule has 2 rings (SSSR count). The fraction of sp³-hybridized carbons (Fsp3) is 0.882. The van der Waals surface area contributed by atoms with Gasteiger partial charge in [0.25, 0.3) is 0 Å². The molecule has 0 unspecified atom stereocenters. The maximum Gasteiger partial charge on any atom is 0.410 e. The van der Waals surface area contributed by atoms with Crippen molar-refractivity contribution in [3.05, 3.63) is 0 Å². The number of nitrogens with zero attached hydrogens (tertiary/aromatic N) is 3. The average molecular weight is 325 g/mol. The van der Waals surface area contributed by atoms with Gasteiger partial charge in [-0.15, -0.1) is 0 Å². The normalized spacial score (nSPS) is 21.0. The number of rotatable bonds is 2. The van der Waals surface area contributed by atoms with Gasteiger partial charge in [0.1, 0.15) is 5.60 Å². The van der Waals surface area contributed by atoms with Crippen molar-refractivity contribution in [2.24, 2.45) is 0 Å². The van der Waals surface area contributed by atoms with Crippen molar-refractivity contribution >= 4 is 12.0 Å². The lowest BCUT2D eigenvalue weighted by atomic mass is 10.2. The van der Waals surface area contributed by atoms with Crippen molar-refractivity contribution in [2.75, 3.05) is 45.8 Å². The highest BCUT2D eigenvalue weighted by atomic mass is 16.6. The predicted molar refractivity (Wildman–Crippen MR) is 89.3 cm³/mol. The lowest BCUT2D eigenvalue weighted by Gasteiger charge is -2.36. The molecule has 2 aliphatic rings. The van der Waals surface area contributed by atoms with Crippen molar-refractivity contribution < 1.29 is 14.3 Å². The molecule has 0 aromatic rings. The van der Waals surface area contributed by atoms with Gasteiger partial charge in [-0.2, -0.15) is 0 Å². The molecule has 6 nitrogen and oxygen atoms in total. The Balaban J connectivity index is 1.73. The van der Waals surface area contributed by atoms with E-state index in [1.165, 1.54) is 12.8 Å². The highest BCUT2D eigenvalue weighted by molar-refractivity contribution is 5.78. The summed E-state index contributed by atoms with van der Waals surface area (Å²) in [6.45, 7) is 10.6. The molecule has 2 heterocycles. The minimum atomic E-state index is -0.461. The predicted octanol–water partition coefficient (Wildman–Crippen LogP) is 1.94. The van der Waals surface area contributed by atoms with Crippen LogP contribution in [0.25, 0.3) is 0 Å².